The molecule has 1 amide bonds. The number of hydrogen-bond donors (Lipinski definition) is 2. The molecule has 1 fully saturated rings. The number of nitrogens with zero attached hydrogens (tertiary/aromatic N) is 1. The second kappa shape index (κ2) is 6.98. The van der Waals surface area contributed by atoms with Gasteiger partial charge < -0.3 is 15.1 Å². The maximum atomic E-state index is 13.5. The van der Waals surface area contributed by atoms with Gasteiger partial charge in [-0.15, -0.1) is 0 Å². The molecule has 4 nitrogen and oxygen atoms in total. The predicted molar refractivity (Wildman–Crippen MR) is 114 cm³/mol. The van der Waals surface area contributed by atoms with Crippen LogP contribution in [0.2, 0.25) is 0 Å². The van der Waals surface area contributed by atoms with E-state index < -0.39 is 11.8 Å². The monoisotopic (exact) mass is 447 g/mol. The quantitative estimate of drug-likeness (QED) is 0.687. The lowest BCUT2D eigenvalue weighted by Crippen LogP contribution is -2.64. The van der Waals surface area contributed by atoms with Crippen molar-refractivity contribution in [2.75, 3.05) is 6.54 Å². The van der Waals surface area contributed by atoms with Gasteiger partial charge in [0.15, 0.2) is 5.60 Å². The lowest BCUT2D eigenvalue weighted by molar-refractivity contribution is -0.258. The van der Waals surface area contributed by atoms with Crippen LogP contribution in [0.3, 0.4) is 0 Å². The highest BCUT2D eigenvalue weighted by molar-refractivity contribution is 5.95. The lowest BCUT2D eigenvalue weighted by atomic mass is 9.51. The predicted octanol–water partition coefficient (Wildman–Crippen LogP) is 4.92. The van der Waals surface area contributed by atoms with E-state index in [1.165, 1.54) is 18.2 Å². The Morgan fingerprint density at radius 3 is 2.44 bits per heavy atom. The smallest absolute Gasteiger partial charge is 0.421 e. The molecule has 2 aliphatic rings. The van der Waals surface area contributed by atoms with Crippen LogP contribution in [0.25, 0.3) is 0 Å². The number of piperidine rings is 1. The molecule has 0 saturated carbocycles. The summed E-state index contributed by atoms with van der Waals surface area (Å²) in [5.41, 5.74) is -1.99. The minimum absolute atomic E-state index is 0.106. The molecule has 7 heteroatoms. The van der Waals surface area contributed by atoms with Crippen LogP contribution in [0.5, 0.6) is 5.75 Å². The van der Waals surface area contributed by atoms with E-state index in [1.54, 1.807) is 11.0 Å². The van der Waals surface area contributed by atoms with Gasteiger partial charge in [-0.25, -0.2) is 0 Å². The van der Waals surface area contributed by atoms with Gasteiger partial charge in [0.1, 0.15) is 5.75 Å². The van der Waals surface area contributed by atoms with Crippen molar-refractivity contribution in [3.63, 3.8) is 0 Å². The molecular weight excluding hydrogens is 419 g/mol. The summed E-state index contributed by atoms with van der Waals surface area (Å²) in [6, 6.07) is 10.4. The SMILES string of the molecule is CC(O)(c1cccc(C(=O)N2CC[C@@]3(C)c4cccc(O)c4CC2C3(C)C)c1)C(F)(F)F. The Balaban J connectivity index is 1.74. The number of aliphatic hydroxyl groups is 1. The summed E-state index contributed by atoms with van der Waals surface area (Å²) in [6.45, 7) is 7.51. The van der Waals surface area contributed by atoms with Crippen LogP contribution >= 0.6 is 0 Å². The second-order valence-electron chi connectivity index (χ2n) is 9.98. The molecular formula is C25H28F3NO3. The number of fused-ring (bicyclic) bond motifs is 4. The third-order valence-electron chi connectivity index (χ3n) is 8.11. The van der Waals surface area contributed by atoms with Gasteiger partial charge in [-0.2, -0.15) is 13.2 Å². The molecule has 1 heterocycles. The molecule has 1 saturated heterocycles. The van der Waals surface area contributed by atoms with Gasteiger partial charge in [0.05, 0.1) is 0 Å². The second-order valence-corrected chi connectivity index (χ2v) is 9.98. The molecule has 0 radical (unpaired) electrons. The Labute approximate surface area is 185 Å². The highest BCUT2D eigenvalue weighted by Gasteiger charge is 2.57. The van der Waals surface area contributed by atoms with Crippen molar-refractivity contribution in [2.45, 2.75) is 63.8 Å². The van der Waals surface area contributed by atoms with Crippen LogP contribution in [0.1, 0.15) is 61.2 Å². The maximum Gasteiger partial charge on any atom is 0.421 e. The van der Waals surface area contributed by atoms with Gasteiger partial charge in [0, 0.05) is 23.6 Å². The van der Waals surface area contributed by atoms with Crippen LogP contribution < -0.4 is 0 Å². The van der Waals surface area contributed by atoms with Gasteiger partial charge in [-0.05, 0) is 60.1 Å². The number of benzene rings is 2. The number of phenols is 1. The van der Waals surface area contributed by atoms with E-state index in [-0.39, 0.29) is 39.7 Å². The van der Waals surface area contributed by atoms with Crippen molar-refractivity contribution in [1.82, 2.24) is 4.90 Å². The number of carbonyl (C=O) groups excluding carboxylic acids is 1. The first kappa shape index (κ1) is 22.6. The van der Waals surface area contributed by atoms with Crippen molar-refractivity contribution in [3.8, 4) is 5.75 Å². The first-order valence-corrected chi connectivity index (χ1v) is 10.7. The molecule has 3 atom stereocenters. The molecule has 0 aromatic heterocycles. The average Bonchev–Trinajstić information content (AvgIpc) is 2.70. The zero-order chi connectivity index (χ0) is 23.7. The molecule has 2 aromatic rings. The van der Waals surface area contributed by atoms with E-state index in [9.17, 15) is 28.2 Å². The molecule has 2 N–H and O–H groups in total. The van der Waals surface area contributed by atoms with Crippen LogP contribution in [0, 0.1) is 5.41 Å². The van der Waals surface area contributed by atoms with Crippen molar-refractivity contribution in [3.05, 3.63) is 64.7 Å². The Hall–Kier alpha value is -2.54. The number of carbonyl (C=O) groups is 1. The summed E-state index contributed by atoms with van der Waals surface area (Å²) in [5.74, 6) is -0.171. The van der Waals surface area contributed by atoms with E-state index in [4.69, 9.17) is 0 Å². The van der Waals surface area contributed by atoms with Gasteiger partial charge >= 0.3 is 6.18 Å². The molecule has 2 aromatic carbocycles. The molecule has 0 spiro atoms. The van der Waals surface area contributed by atoms with Crippen LogP contribution in [-0.2, 0) is 17.4 Å². The highest BCUT2D eigenvalue weighted by Crippen LogP contribution is 2.57. The fourth-order valence-electron chi connectivity index (χ4n) is 5.45. The molecule has 1 aliphatic carbocycles. The maximum absolute atomic E-state index is 13.5. The summed E-state index contributed by atoms with van der Waals surface area (Å²) < 4.78 is 40.0. The van der Waals surface area contributed by atoms with E-state index in [0.717, 1.165) is 17.2 Å². The zero-order valence-corrected chi connectivity index (χ0v) is 18.6. The minimum atomic E-state index is -4.87. The van der Waals surface area contributed by atoms with Crippen LogP contribution in [0.4, 0.5) is 13.2 Å². The Morgan fingerprint density at radius 2 is 1.78 bits per heavy atom. The summed E-state index contributed by atoms with van der Waals surface area (Å²) in [4.78, 5) is 15.2. The third-order valence-corrected chi connectivity index (χ3v) is 8.11. The number of hydrogen-bond acceptors (Lipinski definition) is 3. The zero-order valence-electron chi connectivity index (χ0n) is 18.6. The number of halogens is 3. The number of aromatic hydroxyl groups is 1. The lowest BCUT2D eigenvalue weighted by Gasteiger charge is -2.60. The number of rotatable bonds is 2. The molecule has 172 valence electrons. The Bertz CT molecular complexity index is 1080. The van der Waals surface area contributed by atoms with E-state index in [1.807, 2.05) is 12.1 Å². The van der Waals surface area contributed by atoms with Crippen LogP contribution in [-0.4, -0.2) is 39.8 Å². The Morgan fingerprint density at radius 1 is 1.12 bits per heavy atom. The normalized spacial score (nSPS) is 26.2. The van der Waals surface area contributed by atoms with E-state index in [2.05, 4.69) is 20.8 Å². The average molecular weight is 447 g/mol. The number of amides is 1. The topological polar surface area (TPSA) is 60.8 Å². The van der Waals surface area contributed by atoms with Crippen molar-refractivity contribution >= 4 is 5.91 Å². The number of phenolic OH excluding ortho intramolecular Hbond substituents is 1. The summed E-state index contributed by atoms with van der Waals surface area (Å²) >= 11 is 0. The standard InChI is InChI=1S/C25H28F3NO3/c1-22(2)20-14-17-18(9-6-10-19(17)30)23(22,3)11-12-29(20)21(31)15-7-5-8-16(13-15)24(4,32)25(26,27)28/h5-10,13,20,30,32H,11-12,14H2,1-4H3/t20?,23-,24?/m0/s1. The van der Waals surface area contributed by atoms with Crippen molar-refractivity contribution in [2.24, 2.45) is 5.41 Å². The van der Waals surface area contributed by atoms with Gasteiger partial charge in [0.2, 0.25) is 0 Å². The first-order chi connectivity index (χ1) is 14.7. The Kier molecular flexibility index (Phi) is 4.94. The van der Waals surface area contributed by atoms with Crippen molar-refractivity contribution in [1.29, 1.82) is 0 Å². The molecule has 2 unspecified atom stereocenters. The summed E-state index contributed by atoms with van der Waals surface area (Å²) in [6.07, 6.45) is -3.73. The fourth-order valence-corrected chi connectivity index (χ4v) is 5.45. The number of likely N-dealkylation sites (tertiary alicyclic amines) is 1. The van der Waals surface area contributed by atoms with Gasteiger partial charge in [-0.3, -0.25) is 4.79 Å². The first-order valence-electron chi connectivity index (χ1n) is 10.7. The molecule has 32 heavy (non-hydrogen) atoms. The van der Waals surface area contributed by atoms with Gasteiger partial charge in [-0.1, -0.05) is 45.0 Å². The third kappa shape index (κ3) is 3.04. The summed E-state index contributed by atoms with van der Waals surface area (Å²) in [5, 5.41) is 20.6. The van der Waals surface area contributed by atoms with Crippen LogP contribution in [0.15, 0.2) is 42.5 Å². The summed E-state index contributed by atoms with van der Waals surface area (Å²) in [7, 11) is 0. The molecule has 4 rings (SSSR count). The van der Waals surface area contributed by atoms with Crippen molar-refractivity contribution < 1.29 is 28.2 Å². The molecule has 1 aliphatic heterocycles. The number of alkyl halides is 3. The highest BCUT2D eigenvalue weighted by atomic mass is 19.4. The minimum Gasteiger partial charge on any atom is -0.508 e. The van der Waals surface area contributed by atoms with E-state index >= 15 is 0 Å². The molecule has 2 bridgehead atoms. The largest absolute Gasteiger partial charge is 0.508 e. The van der Waals surface area contributed by atoms with Gasteiger partial charge in [0.25, 0.3) is 5.91 Å². The van der Waals surface area contributed by atoms with E-state index in [0.29, 0.717) is 26.3 Å². The fraction of sp³-hybridized carbons (Fsp3) is 0.480.